The van der Waals surface area contributed by atoms with Crippen molar-refractivity contribution in [1.82, 2.24) is 57.8 Å². The summed E-state index contributed by atoms with van der Waals surface area (Å²) in [7, 11) is -5.56. The molecule has 2 aromatic rings. The number of Topliss-reactive ketones (excluding diaryl/α,β-unsaturated/α-hetero) is 2. The van der Waals surface area contributed by atoms with Gasteiger partial charge in [-0.1, -0.05) is 34.1 Å². The van der Waals surface area contributed by atoms with Gasteiger partial charge in [-0.25, -0.2) is 0 Å². The average molecular weight is 1530 g/mol. The Labute approximate surface area is 619 Å². The second-order valence-electron chi connectivity index (χ2n) is 25.7. The number of fused-ring (bicyclic) bond motifs is 5. The lowest BCUT2D eigenvalue weighted by Gasteiger charge is -2.32. The highest BCUT2D eigenvalue weighted by atomic mass is 32.2. The maximum atomic E-state index is 15.4. The second-order valence-corrected chi connectivity index (χ2v) is 28.3. The lowest BCUT2D eigenvalue weighted by molar-refractivity contribution is -0.144. The van der Waals surface area contributed by atoms with Crippen LogP contribution in [0.3, 0.4) is 0 Å². The van der Waals surface area contributed by atoms with E-state index in [1.54, 1.807) is 25.1 Å². The number of nitrogens with one attached hydrogen (secondary N) is 9. The first-order valence-electron chi connectivity index (χ1n) is 36.4. The van der Waals surface area contributed by atoms with Crippen molar-refractivity contribution in [1.29, 1.82) is 0 Å². The molecule has 15 N–H and O–H groups in total. The summed E-state index contributed by atoms with van der Waals surface area (Å²) in [6.07, 6.45) is -4.14. The first-order chi connectivity index (χ1) is 51.5. The minimum Gasteiger partial charge on any atom is -0.496 e. The van der Waals surface area contributed by atoms with E-state index in [9.17, 15) is 63.3 Å². The molecule has 105 heavy (non-hydrogen) atoms. The van der Waals surface area contributed by atoms with Gasteiger partial charge in [-0.2, -0.15) is 11.8 Å². The zero-order valence-electron chi connectivity index (χ0n) is 62.5. The molecule has 588 valence electrons. The van der Waals surface area contributed by atoms with Crippen molar-refractivity contribution in [3.63, 3.8) is 0 Å². The van der Waals surface area contributed by atoms with Gasteiger partial charge in [0.1, 0.15) is 28.9 Å². The van der Waals surface area contributed by atoms with Gasteiger partial charge in [-0.3, -0.25) is 62.0 Å². The molecule has 0 saturated carbocycles. The molecule has 0 radical (unpaired) electrons. The predicted octanol–water partition coefficient (Wildman–Crippen LogP) is -3.69. The molecule has 1 saturated heterocycles. The maximum Gasteiger partial charge on any atom is 0.306 e. The number of carbonyl (C=O) groups is 11. The number of hydrogen-bond acceptors (Lipinski definition) is 27. The Morgan fingerprint density at radius 2 is 1.43 bits per heavy atom. The van der Waals surface area contributed by atoms with Gasteiger partial charge in [0.25, 0.3) is 0 Å². The SMILES string of the molecule is [2H]C([2H])([2H])Oc1ccc2c3c([nH]c2c1CSCCOCCOCCOCCOCCOCCOCCOCCN1C=C(CNC(=O)CC(C)C(=O)O)NN1)S(=O)C[C@H]1NC(=O)CNC(=O)[C@H]([C@@H](C)CC)CC(=O)CNC(=O)[C@@H](CC(=O)[C@H]([C@@H](C)[C@@H](O)CO)NC(=O)[C@@H]2C[C@@H](O)CN2C(=O)[C@H](CC(N)=O)NC1=O)C3. The number of carbonyl (C=O) groups excluding carboxylic acids is 10. The number of aliphatic hydroxyl groups is 3. The molecule has 1 fully saturated rings. The van der Waals surface area contributed by atoms with E-state index < -0.39 is 207 Å². The number of H-pyrrole nitrogens is 1. The number of hydrogen-bond donors (Lipinski definition) is 14. The number of carboxylic acid groups (broad SMARTS) is 1. The smallest absolute Gasteiger partial charge is 0.306 e. The number of ether oxygens (including phenoxy) is 8. The van der Waals surface area contributed by atoms with Crippen LogP contribution in [0.4, 0.5) is 0 Å². The first-order valence-corrected chi connectivity index (χ1v) is 37.4. The predicted molar refractivity (Wildman–Crippen MR) is 377 cm³/mol. The number of hydrazine groups is 2. The molecular weight excluding hydrogens is 1420 g/mol. The Morgan fingerprint density at radius 1 is 0.800 bits per heavy atom. The maximum absolute atomic E-state index is 15.4. The third kappa shape index (κ3) is 28.0. The zero-order chi connectivity index (χ0) is 79.0. The van der Waals surface area contributed by atoms with E-state index >= 15 is 9.00 Å². The van der Waals surface area contributed by atoms with Crippen LogP contribution in [0, 0.1) is 29.6 Å². The van der Waals surface area contributed by atoms with Crippen molar-refractivity contribution in [2.75, 3.05) is 150 Å². The Balaban J connectivity index is 1.08. The standard InChI is InChI=1S/C67H104N12O24S2/c1-6-39(2)47-28-44(81)32-70-61(88)42-26-48-46-7-8-55(96-5)49(37-104-24-23-103-22-21-102-20-19-101-18-17-100-16-15-99-14-13-98-12-11-97-10-9-78-34-43(76-77-78)31-69-57(86)25-40(3)67(93)94)60(46)75-65(48)105(95)38-51(72-58(87)33-71-62(47)89)63(90)73-50(30-56(68)85)66(92)79-35-45(82)29-52(79)64(91)74-59(53(83)27-42)41(4)54(84)36-80/h7-8,34,39-42,45,47,50-52,54,59,75-77,80,82,84H,6,9-33,35-38H2,1-5H3,(H2,68,85)(H,69,86)(H,70,88)(H,71,89)(H,72,87)(H,73,90)(H,74,91)(H,93,94)/t39-,40?,41-,42+,45+,47-,50-,51+,52-,54-,59-,105?/m0/s1/i5D3. The second kappa shape index (κ2) is 45.2. The first kappa shape index (κ1) is 81.6. The van der Waals surface area contributed by atoms with Gasteiger partial charge in [-0.05, 0) is 30.0 Å². The van der Waals surface area contributed by atoms with Crippen LogP contribution in [0.25, 0.3) is 10.9 Å². The summed E-state index contributed by atoms with van der Waals surface area (Å²) in [4.78, 5) is 155. The highest BCUT2D eigenvalue weighted by molar-refractivity contribution is 7.98. The third-order valence-electron chi connectivity index (χ3n) is 17.9. The fraction of sp³-hybridized carbons (Fsp3) is 0.687. The molecule has 8 amide bonds. The van der Waals surface area contributed by atoms with Gasteiger partial charge in [0.2, 0.25) is 47.3 Å². The quantitative estimate of drug-likeness (QED) is 0.0287. The lowest BCUT2D eigenvalue weighted by Crippen LogP contribution is -2.60. The topological polar surface area (TPSA) is 504 Å². The number of aromatic amines is 1. The van der Waals surface area contributed by atoms with E-state index in [4.69, 9.17) is 52.8 Å². The number of benzene rings is 1. The highest BCUT2D eigenvalue weighted by Crippen LogP contribution is 2.37. The number of ketones is 2. The summed E-state index contributed by atoms with van der Waals surface area (Å²) in [5, 5.41) is 57.9. The number of thioether (sulfide) groups is 1. The van der Waals surface area contributed by atoms with Crippen LogP contribution in [-0.4, -0.2) is 291 Å². The average Bonchev–Trinajstić information content (AvgIpc) is 1.60. The molecule has 4 aliphatic heterocycles. The molecule has 1 aromatic carbocycles. The molecular formula is C67H104N12O24S2. The van der Waals surface area contributed by atoms with Crippen LogP contribution in [0.5, 0.6) is 5.75 Å². The van der Waals surface area contributed by atoms with Crippen LogP contribution in [0.1, 0.15) is 81.5 Å². The van der Waals surface area contributed by atoms with E-state index in [1.807, 2.05) is 0 Å². The number of aliphatic hydroxyl groups excluding tert-OH is 3. The Morgan fingerprint density at radius 3 is 2.04 bits per heavy atom. The number of aromatic nitrogens is 1. The molecule has 1 aromatic heterocycles. The van der Waals surface area contributed by atoms with Crippen molar-refractivity contribution in [2.24, 2.45) is 35.3 Å². The Bertz CT molecular complexity index is 3430. The minimum atomic E-state index is -3.02. The van der Waals surface area contributed by atoms with Gasteiger partial charge >= 0.3 is 5.97 Å². The number of nitrogens with two attached hydrogens (primary N) is 1. The molecule has 12 atom stereocenters. The van der Waals surface area contributed by atoms with Gasteiger partial charge in [-0.15, -0.1) is 5.53 Å². The van der Waals surface area contributed by atoms with Gasteiger partial charge in [0.15, 0.2) is 11.6 Å². The van der Waals surface area contributed by atoms with E-state index in [-0.39, 0.29) is 90.5 Å². The fourth-order valence-corrected chi connectivity index (χ4v) is 14.0. The van der Waals surface area contributed by atoms with Crippen LogP contribution in [-0.2, 0) is 109 Å². The number of nitrogens with zero attached hydrogens (tertiary/aromatic N) is 2. The number of amides is 8. The number of rotatable bonds is 39. The van der Waals surface area contributed by atoms with E-state index in [0.29, 0.717) is 83.9 Å². The zero-order valence-corrected chi connectivity index (χ0v) is 61.2. The summed E-state index contributed by atoms with van der Waals surface area (Å²) in [6, 6.07) is -4.44. The fourth-order valence-electron chi connectivity index (χ4n) is 11.7. The molecule has 36 nitrogen and oxygen atoms in total. The van der Waals surface area contributed by atoms with E-state index in [2.05, 4.69) is 47.8 Å². The normalized spacial score (nSPS) is 23.6. The monoisotopic (exact) mass is 1530 g/mol. The molecule has 38 heteroatoms. The Hall–Kier alpha value is -7.47. The molecule has 6 rings (SSSR count). The van der Waals surface area contributed by atoms with Gasteiger partial charge < -0.3 is 111 Å². The van der Waals surface area contributed by atoms with Crippen molar-refractivity contribution in [3.05, 3.63) is 35.2 Å². The molecule has 4 aliphatic rings. The van der Waals surface area contributed by atoms with Crippen molar-refractivity contribution in [2.45, 2.75) is 120 Å². The molecule has 0 aliphatic carbocycles. The summed E-state index contributed by atoms with van der Waals surface area (Å²) in [5.74, 6) is -16.1. The third-order valence-corrected chi connectivity index (χ3v) is 20.3. The van der Waals surface area contributed by atoms with Crippen LogP contribution < -0.4 is 53.3 Å². The summed E-state index contributed by atoms with van der Waals surface area (Å²) in [5.41, 5.74) is 12.5. The van der Waals surface area contributed by atoms with Crippen LogP contribution in [0.15, 0.2) is 29.1 Å². The Kier molecular flexibility index (Phi) is 35.2. The van der Waals surface area contributed by atoms with Crippen LogP contribution >= 0.6 is 11.8 Å². The summed E-state index contributed by atoms with van der Waals surface area (Å²) >= 11 is 1.28. The van der Waals surface area contributed by atoms with Gasteiger partial charge in [0.05, 0.1) is 195 Å². The van der Waals surface area contributed by atoms with Crippen molar-refractivity contribution in [3.8, 4) is 5.75 Å². The van der Waals surface area contributed by atoms with Crippen LogP contribution in [0.2, 0.25) is 0 Å². The lowest BCUT2D eigenvalue weighted by atomic mass is 9.85. The molecule has 2 unspecified atom stereocenters. The molecule has 5 heterocycles. The number of methoxy groups -OCH3 is 1. The van der Waals surface area contributed by atoms with Crippen molar-refractivity contribution < 1.29 is 119 Å². The van der Waals surface area contributed by atoms with Gasteiger partial charge in [0, 0.05) is 78.6 Å². The number of aliphatic carboxylic acids is 1. The molecule has 0 spiro atoms. The van der Waals surface area contributed by atoms with E-state index in [1.165, 1.54) is 37.7 Å². The largest absolute Gasteiger partial charge is 0.496 e. The van der Waals surface area contributed by atoms with E-state index in [0.717, 1.165) is 4.90 Å². The number of carboxylic acids is 1. The summed E-state index contributed by atoms with van der Waals surface area (Å²) < 4.78 is 84.6. The highest BCUT2D eigenvalue weighted by Gasteiger charge is 2.45. The van der Waals surface area contributed by atoms with Crippen molar-refractivity contribution >= 4 is 98.3 Å². The summed E-state index contributed by atoms with van der Waals surface area (Å²) in [6.45, 7) is 8.40. The minimum absolute atomic E-state index is 0.00603. The molecule has 2 bridgehead atoms. The number of primary amides is 1.